The number of nitrogens with zero attached hydrogens (tertiary/aromatic N) is 3. The van der Waals surface area contributed by atoms with Gasteiger partial charge in [0.2, 0.25) is 0 Å². The highest BCUT2D eigenvalue weighted by molar-refractivity contribution is 6.04. The predicted molar refractivity (Wildman–Crippen MR) is 121 cm³/mol. The molecule has 176 valence electrons. The number of aryl methyl sites for hydroxylation is 1. The number of anilines is 1. The molecule has 10 heteroatoms. The van der Waals surface area contributed by atoms with Crippen LogP contribution in [0.25, 0.3) is 0 Å². The molecule has 1 aromatic heterocycles. The van der Waals surface area contributed by atoms with Crippen molar-refractivity contribution in [3.05, 3.63) is 58.1 Å². The largest absolute Gasteiger partial charge is 0.388 e. The van der Waals surface area contributed by atoms with E-state index in [1.165, 1.54) is 15.7 Å². The minimum Gasteiger partial charge on any atom is -0.388 e. The summed E-state index contributed by atoms with van der Waals surface area (Å²) in [6.07, 6.45) is 0.161. The van der Waals surface area contributed by atoms with Crippen molar-refractivity contribution >= 4 is 17.8 Å². The number of fused-ring (bicyclic) bond motifs is 2. The number of hydrogen-bond acceptors (Lipinski definition) is 6. The Hall–Kier alpha value is -3.24. The number of carbonyl (C=O) groups is 2. The summed E-state index contributed by atoms with van der Waals surface area (Å²) in [5.74, 6) is -0.232. The molecule has 2 saturated heterocycles. The summed E-state index contributed by atoms with van der Waals surface area (Å²) in [7, 11) is 0. The smallest absolute Gasteiger partial charge is 0.351 e. The minimum absolute atomic E-state index is 0.0788. The number of urea groups is 1. The summed E-state index contributed by atoms with van der Waals surface area (Å²) < 4.78 is 7.46. The van der Waals surface area contributed by atoms with Crippen LogP contribution in [0.3, 0.4) is 0 Å². The van der Waals surface area contributed by atoms with Crippen molar-refractivity contribution in [1.29, 1.82) is 0 Å². The normalized spacial score (nSPS) is 26.0. The number of morpholine rings is 1. The fourth-order valence-electron chi connectivity index (χ4n) is 4.50. The van der Waals surface area contributed by atoms with Crippen LogP contribution >= 0.6 is 0 Å². The number of aliphatic hydroxyl groups excluding tert-OH is 1. The zero-order chi connectivity index (χ0) is 23.9. The Labute approximate surface area is 191 Å². The highest BCUT2D eigenvalue weighted by atomic mass is 16.6. The number of benzene rings is 1. The molecule has 33 heavy (non-hydrogen) atoms. The van der Waals surface area contributed by atoms with Crippen molar-refractivity contribution in [2.24, 2.45) is 0 Å². The molecule has 4 rings (SSSR count). The lowest BCUT2D eigenvalue weighted by atomic mass is 9.96. The number of aliphatic hydroxyl groups is 1. The van der Waals surface area contributed by atoms with E-state index in [0.29, 0.717) is 17.5 Å². The molecule has 0 unspecified atom stereocenters. The van der Waals surface area contributed by atoms with Gasteiger partial charge in [-0.1, -0.05) is 25.1 Å². The zero-order valence-corrected chi connectivity index (χ0v) is 19.1. The van der Waals surface area contributed by atoms with E-state index in [4.69, 9.17) is 4.74 Å². The maximum absolute atomic E-state index is 12.9. The molecule has 2 aliphatic rings. The van der Waals surface area contributed by atoms with Crippen molar-refractivity contribution in [2.75, 3.05) is 11.9 Å². The van der Waals surface area contributed by atoms with Crippen molar-refractivity contribution in [3.8, 4) is 0 Å². The van der Waals surface area contributed by atoms with Gasteiger partial charge in [0.1, 0.15) is 23.6 Å². The van der Waals surface area contributed by atoms with Crippen LogP contribution in [-0.4, -0.2) is 61.8 Å². The third-order valence-electron chi connectivity index (χ3n) is 6.26. The van der Waals surface area contributed by atoms with E-state index in [9.17, 15) is 19.5 Å². The lowest BCUT2D eigenvalue weighted by molar-refractivity contribution is -0.131. The Morgan fingerprint density at radius 3 is 2.61 bits per heavy atom. The van der Waals surface area contributed by atoms with Gasteiger partial charge >= 0.3 is 11.7 Å². The molecule has 3 heterocycles. The molecule has 1 aromatic carbocycles. The molecule has 4 atom stereocenters. The first-order valence-corrected chi connectivity index (χ1v) is 11.1. The first-order valence-electron chi connectivity index (χ1n) is 11.1. The molecule has 10 nitrogen and oxygen atoms in total. The van der Waals surface area contributed by atoms with Crippen molar-refractivity contribution in [2.45, 2.75) is 64.1 Å². The lowest BCUT2D eigenvalue weighted by Crippen LogP contribution is -2.53. The van der Waals surface area contributed by atoms with Crippen LogP contribution in [0.2, 0.25) is 0 Å². The van der Waals surface area contributed by atoms with Crippen LogP contribution in [0.5, 0.6) is 0 Å². The van der Waals surface area contributed by atoms with E-state index >= 15 is 0 Å². The molecule has 0 aliphatic carbocycles. The number of carbonyl (C=O) groups excluding carboxylic acids is 2. The van der Waals surface area contributed by atoms with Gasteiger partial charge < -0.3 is 25.4 Å². The van der Waals surface area contributed by atoms with Crippen molar-refractivity contribution < 1.29 is 19.4 Å². The van der Waals surface area contributed by atoms with Gasteiger partial charge in [-0.2, -0.15) is 4.98 Å². The number of likely N-dealkylation sites (tertiary alicyclic amines) is 1. The van der Waals surface area contributed by atoms with E-state index in [0.717, 1.165) is 0 Å². The number of hydrogen-bond donors (Lipinski definition) is 3. The predicted octanol–water partition coefficient (Wildman–Crippen LogP) is 1.64. The van der Waals surface area contributed by atoms with Crippen molar-refractivity contribution in [1.82, 2.24) is 19.8 Å². The fourth-order valence-corrected chi connectivity index (χ4v) is 4.50. The van der Waals surface area contributed by atoms with Gasteiger partial charge in [0.15, 0.2) is 6.23 Å². The molecule has 2 aromatic rings. The van der Waals surface area contributed by atoms with E-state index in [1.807, 2.05) is 20.8 Å². The van der Waals surface area contributed by atoms with Crippen molar-refractivity contribution in [3.63, 3.8) is 0 Å². The topological polar surface area (TPSA) is 126 Å². The fraction of sp³-hybridized carbons (Fsp3) is 0.478. The molecule has 0 saturated carbocycles. The highest BCUT2D eigenvalue weighted by Crippen LogP contribution is 2.47. The molecule has 2 fully saturated rings. The first kappa shape index (κ1) is 22.9. The van der Waals surface area contributed by atoms with Crippen LogP contribution in [0.15, 0.2) is 41.3 Å². The molecule has 0 spiro atoms. The third kappa shape index (κ3) is 4.00. The van der Waals surface area contributed by atoms with Gasteiger partial charge in [0.05, 0.1) is 6.54 Å². The van der Waals surface area contributed by atoms with Crippen LogP contribution in [0, 0.1) is 6.92 Å². The summed E-state index contributed by atoms with van der Waals surface area (Å²) in [6, 6.07) is 7.48. The second-order valence-corrected chi connectivity index (χ2v) is 8.88. The van der Waals surface area contributed by atoms with Gasteiger partial charge in [-0.05, 0) is 39.3 Å². The Balaban J connectivity index is 1.63. The number of amides is 3. The van der Waals surface area contributed by atoms with Gasteiger partial charge in [-0.3, -0.25) is 9.36 Å². The zero-order valence-electron chi connectivity index (χ0n) is 19.1. The maximum atomic E-state index is 12.9. The Bertz CT molecular complexity index is 1120. The summed E-state index contributed by atoms with van der Waals surface area (Å²) in [6.45, 7) is 7.53. The van der Waals surface area contributed by atoms with E-state index in [-0.39, 0.29) is 30.3 Å². The minimum atomic E-state index is -0.961. The van der Waals surface area contributed by atoms with Crippen LogP contribution in [0.4, 0.5) is 10.6 Å². The number of ether oxygens (including phenoxy) is 1. The molecule has 2 bridgehead atoms. The number of nitrogens with one attached hydrogen (secondary N) is 2. The Morgan fingerprint density at radius 1 is 1.30 bits per heavy atom. The monoisotopic (exact) mass is 455 g/mol. The van der Waals surface area contributed by atoms with Crippen LogP contribution in [-0.2, 0) is 4.74 Å². The van der Waals surface area contributed by atoms with E-state index in [2.05, 4.69) is 15.6 Å². The summed E-state index contributed by atoms with van der Waals surface area (Å²) in [5.41, 5.74) is -0.621. The lowest BCUT2D eigenvalue weighted by Gasteiger charge is -2.37. The van der Waals surface area contributed by atoms with Gasteiger partial charge in [-0.25, -0.2) is 9.59 Å². The van der Waals surface area contributed by atoms with E-state index < -0.39 is 29.7 Å². The summed E-state index contributed by atoms with van der Waals surface area (Å²) in [5, 5.41) is 16.5. The second-order valence-electron chi connectivity index (χ2n) is 8.88. The summed E-state index contributed by atoms with van der Waals surface area (Å²) >= 11 is 0. The molecule has 2 aliphatic heterocycles. The molecule has 3 N–H and O–H groups in total. The number of aromatic nitrogens is 2. The molecular formula is C23H29N5O5. The molecular weight excluding hydrogens is 426 g/mol. The molecule has 0 radical (unpaired) electrons. The number of rotatable bonds is 5. The van der Waals surface area contributed by atoms with Gasteiger partial charge in [-0.15, -0.1) is 0 Å². The first-order chi connectivity index (χ1) is 15.7. The van der Waals surface area contributed by atoms with E-state index in [1.54, 1.807) is 37.3 Å². The maximum Gasteiger partial charge on any atom is 0.351 e. The average molecular weight is 456 g/mol. The highest BCUT2D eigenvalue weighted by Gasteiger charge is 2.64. The molecule has 3 amide bonds. The average Bonchev–Trinajstić information content (AvgIpc) is 3.23. The third-order valence-corrected chi connectivity index (χ3v) is 6.26. The SMILES string of the molecule is CC[C@@]12CN(C(=O)NC(C)C)[C@@H]([C@H](n3cc(C)c(NC(=O)c4ccccc4)nc3=O)O1)[C@@H]2O. The van der Waals surface area contributed by atoms with Crippen LogP contribution in [0.1, 0.15) is 49.3 Å². The Kier molecular flexibility index (Phi) is 5.98. The standard InChI is InChI=1S/C23H29N5O5/c1-5-23-12-28(21(31)24-13(2)3)16(17(23)29)20(33-23)27-11-14(4)18(26-22(27)32)25-19(30)15-9-7-6-8-10-15/h6-11,13,16-17,20,29H,5,12H2,1-4H3,(H,24,31)(H,25,26,30,32)/t16-,17+,20-,23+/m1/s1. The van der Waals surface area contributed by atoms with Gasteiger partial charge in [0.25, 0.3) is 5.91 Å². The summed E-state index contributed by atoms with van der Waals surface area (Å²) in [4.78, 5) is 43.8. The van der Waals surface area contributed by atoms with Crippen LogP contribution < -0.4 is 16.3 Å². The Morgan fingerprint density at radius 2 is 2.00 bits per heavy atom. The quantitative estimate of drug-likeness (QED) is 0.629. The van der Waals surface area contributed by atoms with Gasteiger partial charge in [0, 0.05) is 23.4 Å². The second kappa shape index (κ2) is 8.60.